The first-order valence-corrected chi connectivity index (χ1v) is 11.2. The molecule has 1 amide bonds. The Kier molecular flexibility index (Phi) is 6.58. The molecule has 8 nitrogen and oxygen atoms in total. The summed E-state index contributed by atoms with van der Waals surface area (Å²) in [4.78, 5) is 41.7. The molecule has 0 bridgehead atoms. The van der Waals surface area contributed by atoms with Gasteiger partial charge in [-0.15, -0.1) is 0 Å². The van der Waals surface area contributed by atoms with Gasteiger partial charge < -0.3 is 14.6 Å². The van der Waals surface area contributed by atoms with Crippen molar-refractivity contribution in [1.82, 2.24) is 4.90 Å². The lowest BCUT2D eigenvalue weighted by Gasteiger charge is -2.11. The third kappa shape index (κ3) is 4.75. The van der Waals surface area contributed by atoms with E-state index in [4.69, 9.17) is 21.1 Å². The monoisotopic (exact) mass is 496 g/mol. The van der Waals surface area contributed by atoms with Crippen molar-refractivity contribution in [2.24, 2.45) is 4.99 Å². The highest BCUT2D eigenvalue weighted by molar-refractivity contribution is 8.18. The van der Waals surface area contributed by atoms with E-state index in [9.17, 15) is 19.5 Å². The molecule has 4 rings (SSSR count). The van der Waals surface area contributed by atoms with Crippen LogP contribution in [-0.4, -0.2) is 44.7 Å². The Labute approximate surface area is 203 Å². The molecule has 0 unspecified atom stereocenters. The van der Waals surface area contributed by atoms with Crippen LogP contribution in [0.15, 0.2) is 68.9 Å². The van der Waals surface area contributed by atoms with Crippen LogP contribution in [0.25, 0.3) is 17.4 Å². The van der Waals surface area contributed by atoms with Crippen molar-refractivity contribution >= 4 is 58.1 Å². The van der Waals surface area contributed by atoms with Gasteiger partial charge >= 0.3 is 11.9 Å². The number of halogens is 1. The number of thioether (sulfide) groups is 1. The summed E-state index contributed by atoms with van der Waals surface area (Å²) in [6.07, 6.45) is 1.60. The number of furan rings is 1. The van der Waals surface area contributed by atoms with E-state index in [-0.39, 0.29) is 22.1 Å². The summed E-state index contributed by atoms with van der Waals surface area (Å²) in [6.45, 7) is 2.23. The second-order valence-corrected chi connectivity index (χ2v) is 8.52. The van der Waals surface area contributed by atoms with Gasteiger partial charge in [0.05, 0.1) is 26.7 Å². The number of nitrogens with zero attached hydrogens (tertiary/aromatic N) is 2. The fourth-order valence-electron chi connectivity index (χ4n) is 3.22. The molecule has 1 aliphatic rings. The number of carbonyl (C=O) groups is 3. The van der Waals surface area contributed by atoms with Crippen molar-refractivity contribution in [3.63, 3.8) is 0 Å². The maximum atomic E-state index is 12.9. The number of hydrogen-bond acceptors (Lipinski definition) is 6. The Morgan fingerprint density at radius 2 is 1.82 bits per heavy atom. The van der Waals surface area contributed by atoms with E-state index in [1.165, 1.54) is 40.9 Å². The van der Waals surface area contributed by atoms with E-state index >= 15 is 0 Å². The minimum absolute atomic E-state index is 0.0344. The normalized spacial score (nSPS) is 15.9. The molecule has 2 heterocycles. The van der Waals surface area contributed by atoms with Crippen LogP contribution in [0.4, 0.5) is 5.69 Å². The average molecular weight is 497 g/mol. The third-order valence-corrected chi connectivity index (χ3v) is 6.26. The Morgan fingerprint density at radius 3 is 2.47 bits per heavy atom. The fraction of sp³-hybridized carbons (Fsp3) is 0.0833. The van der Waals surface area contributed by atoms with E-state index < -0.39 is 11.9 Å². The van der Waals surface area contributed by atoms with Crippen LogP contribution in [0.1, 0.15) is 33.4 Å². The topological polar surface area (TPSA) is 120 Å². The number of amides is 1. The van der Waals surface area contributed by atoms with E-state index in [1.807, 2.05) is 6.92 Å². The number of hydrogen-bond donors (Lipinski definition) is 2. The number of carboxylic acid groups (broad SMARTS) is 2. The molecule has 1 aliphatic heterocycles. The summed E-state index contributed by atoms with van der Waals surface area (Å²) in [5, 5.41) is 18.9. The van der Waals surface area contributed by atoms with Crippen LogP contribution >= 0.6 is 23.4 Å². The molecule has 10 heteroatoms. The molecule has 2 aromatic carbocycles. The quantitative estimate of drug-likeness (QED) is 0.425. The van der Waals surface area contributed by atoms with Crippen LogP contribution in [0.5, 0.6) is 0 Å². The molecular formula is C24H17ClN2O6S. The lowest BCUT2D eigenvalue weighted by atomic mass is 10.1. The minimum atomic E-state index is -1.14. The molecular weight excluding hydrogens is 480 g/mol. The fourth-order valence-corrected chi connectivity index (χ4v) is 4.46. The second-order valence-electron chi connectivity index (χ2n) is 7.11. The lowest BCUT2D eigenvalue weighted by molar-refractivity contribution is -0.122. The molecule has 0 spiro atoms. The third-order valence-electron chi connectivity index (χ3n) is 4.92. The largest absolute Gasteiger partial charge is 0.478 e. The summed E-state index contributed by atoms with van der Waals surface area (Å²) in [5.74, 6) is -1.55. The lowest BCUT2D eigenvalue weighted by Crippen LogP contribution is -2.28. The van der Waals surface area contributed by atoms with Gasteiger partial charge in [-0.05, 0) is 73.3 Å². The zero-order valence-electron chi connectivity index (χ0n) is 17.7. The first-order valence-electron chi connectivity index (χ1n) is 10.0. The van der Waals surface area contributed by atoms with Gasteiger partial charge in [0.2, 0.25) is 0 Å². The van der Waals surface area contributed by atoms with Crippen LogP contribution in [0.2, 0.25) is 5.02 Å². The van der Waals surface area contributed by atoms with E-state index in [1.54, 1.807) is 36.4 Å². The summed E-state index contributed by atoms with van der Waals surface area (Å²) in [5.41, 5.74) is 1.18. The summed E-state index contributed by atoms with van der Waals surface area (Å²) in [6, 6.07) is 14.0. The summed E-state index contributed by atoms with van der Waals surface area (Å²) < 4.78 is 5.82. The van der Waals surface area contributed by atoms with E-state index in [0.29, 0.717) is 39.4 Å². The van der Waals surface area contributed by atoms with Crippen molar-refractivity contribution < 1.29 is 29.0 Å². The van der Waals surface area contributed by atoms with Crippen molar-refractivity contribution in [3.05, 3.63) is 81.4 Å². The number of aromatic carboxylic acids is 2. The molecule has 0 atom stereocenters. The van der Waals surface area contributed by atoms with Crippen molar-refractivity contribution in [2.75, 3.05) is 6.54 Å². The molecule has 0 radical (unpaired) electrons. The zero-order chi connectivity index (χ0) is 24.4. The molecule has 34 heavy (non-hydrogen) atoms. The molecule has 172 valence electrons. The standard InChI is InChI=1S/C24H17ClN2O6S/c1-2-27-21(28)20(34-24(27)26-15-6-3-13(4-7-15)22(29)30)12-16-8-10-19(33-16)14-5-9-18(25)17(11-14)23(31)32/h3-12H,2H2,1H3,(H,29,30)(H,31,32). The zero-order valence-corrected chi connectivity index (χ0v) is 19.3. The van der Waals surface area contributed by atoms with Crippen LogP contribution in [0.3, 0.4) is 0 Å². The van der Waals surface area contributed by atoms with Gasteiger partial charge in [0.15, 0.2) is 5.17 Å². The van der Waals surface area contributed by atoms with Crippen LogP contribution in [-0.2, 0) is 4.79 Å². The summed E-state index contributed by atoms with van der Waals surface area (Å²) in [7, 11) is 0. The molecule has 1 aromatic heterocycles. The Morgan fingerprint density at radius 1 is 1.09 bits per heavy atom. The first kappa shape index (κ1) is 23.3. The number of amidine groups is 1. The van der Waals surface area contributed by atoms with Gasteiger partial charge in [-0.3, -0.25) is 9.69 Å². The first-order chi connectivity index (χ1) is 16.3. The maximum absolute atomic E-state index is 12.9. The van der Waals surface area contributed by atoms with Crippen molar-refractivity contribution in [3.8, 4) is 11.3 Å². The van der Waals surface area contributed by atoms with Gasteiger partial charge in [-0.1, -0.05) is 11.6 Å². The Bertz CT molecular complexity index is 1360. The smallest absolute Gasteiger partial charge is 0.337 e. The number of carbonyl (C=O) groups excluding carboxylic acids is 1. The van der Waals surface area contributed by atoms with Gasteiger partial charge in [0.25, 0.3) is 5.91 Å². The van der Waals surface area contributed by atoms with Crippen molar-refractivity contribution in [2.45, 2.75) is 6.92 Å². The number of likely N-dealkylation sites (N-methyl/N-ethyl adjacent to an activating group) is 1. The van der Waals surface area contributed by atoms with Gasteiger partial charge in [0, 0.05) is 18.2 Å². The molecule has 0 saturated carbocycles. The second kappa shape index (κ2) is 9.58. The molecule has 2 N–H and O–H groups in total. The highest BCUT2D eigenvalue weighted by atomic mass is 35.5. The number of benzene rings is 2. The van der Waals surface area contributed by atoms with Crippen LogP contribution < -0.4 is 0 Å². The van der Waals surface area contributed by atoms with E-state index in [2.05, 4.69) is 4.99 Å². The van der Waals surface area contributed by atoms with Gasteiger partial charge in [-0.25, -0.2) is 14.6 Å². The number of rotatable bonds is 6. The van der Waals surface area contributed by atoms with Crippen LogP contribution in [0, 0.1) is 0 Å². The molecule has 3 aromatic rings. The molecule has 1 saturated heterocycles. The van der Waals surface area contributed by atoms with Gasteiger partial charge in [-0.2, -0.15) is 0 Å². The predicted molar refractivity (Wildman–Crippen MR) is 130 cm³/mol. The Balaban J connectivity index is 1.60. The number of aliphatic imine (C=N–C) groups is 1. The molecule has 1 fully saturated rings. The van der Waals surface area contributed by atoms with E-state index in [0.717, 1.165) is 0 Å². The SMILES string of the molecule is CCN1C(=O)C(=Cc2ccc(-c3ccc(Cl)c(C(=O)O)c3)o2)SC1=Nc1ccc(C(=O)O)cc1. The summed E-state index contributed by atoms with van der Waals surface area (Å²) >= 11 is 7.11. The Hall–Kier alpha value is -3.82. The molecule has 0 aliphatic carbocycles. The highest BCUT2D eigenvalue weighted by Gasteiger charge is 2.32. The average Bonchev–Trinajstić information content (AvgIpc) is 3.39. The minimum Gasteiger partial charge on any atom is -0.478 e. The van der Waals surface area contributed by atoms with Gasteiger partial charge in [0.1, 0.15) is 11.5 Å². The predicted octanol–water partition coefficient (Wildman–Crippen LogP) is 5.62. The van der Waals surface area contributed by atoms with Crippen molar-refractivity contribution in [1.29, 1.82) is 0 Å². The highest BCUT2D eigenvalue weighted by Crippen LogP contribution is 2.35. The number of carboxylic acids is 2. The maximum Gasteiger partial charge on any atom is 0.337 e.